The molecule has 4 aromatic rings. The van der Waals surface area contributed by atoms with Crippen molar-refractivity contribution in [3.8, 4) is 0 Å². The summed E-state index contributed by atoms with van der Waals surface area (Å²) in [6.07, 6.45) is 0. The van der Waals surface area contributed by atoms with Crippen molar-refractivity contribution >= 4 is 55.5 Å². The molecule has 0 amide bonds. The molecular weight excluding hydrogens is 386 g/mol. The largest absolute Gasteiger partial charge is 0.330 e. The van der Waals surface area contributed by atoms with E-state index in [-0.39, 0.29) is 5.56 Å². The number of aromatic nitrogens is 4. The molecule has 0 radical (unpaired) electrons. The minimum Gasteiger partial charge on any atom is -0.330 e. The van der Waals surface area contributed by atoms with Gasteiger partial charge >= 0.3 is 0 Å². The van der Waals surface area contributed by atoms with E-state index in [1.54, 1.807) is 11.3 Å². The maximum absolute atomic E-state index is 12.3. The molecule has 4 rings (SSSR count). The zero-order valence-electron chi connectivity index (χ0n) is 14.1. The van der Waals surface area contributed by atoms with Crippen molar-refractivity contribution < 1.29 is 0 Å². The topological polar surface area (TPSA) is 83.6 Å². The molecule has 0 saturated heterocycles. The summed E-state index contributed by atoms with van der Waals surface area (Å²) in [5.41, 5.74) is 1.91. The molecule has 0 aliphatic carbocycles. The molecule has 0 unspecified atom stereocenters. The molecule has 0 aliphatic heterocycles. The van der Waals surface area contributed by atoms with E-state index in [4.69, 9.17) is 0 Å². The summed E-state index contributed by atoms with van der Waals surface area (Å²) < 4.78 is 0.824. The second kappa shape index (κ2) is 7.18. The van der Waals surface area contributed by atoms with Gasteiger partial charge in [0.05, 0.1) is 11.1 Å². The van der Waals surface area contributed by atoms with Crippen LogP contribution in [0.25, 0.3) is 10.2 Å². The Morgan fingerprint density at radius 2 is 1.96 bits per heavy atom. The van der Waals surface area contributed by atoms with E-state index >= 15 is 0 Å². The van der Waals surface area contributed by atoms with Gasteiger partial charge in [-0.05, 0) is 31.5 Å². The van der Waals surface area contributed by atoms with E-state index in [9.17, 15) is 4.79 Å². The standard InChI is InChI=1S/C17H15N5OS3/c1-9-10(2)25-15-13(9)14(23)19-12(20-15)8-24-17-22-21-16(26-17)18-11-6-4-3-5-7-11/h3-7H,8H2,1-2H3,(H,18,21)(H,19,20,23). The average molecular weight is 402 g/mol. The fourth-order valence-electron chi connectivity index (χ4n) is 2.46. The Kier molecular flexibility index (Phi) is 4.75. The summed E-state index contributed by atoms with van der Waals surface area (Å²) >= 11 is 4.54. The Morgan fingerprint density at radius 1 is 1.15 bits per heavy atom. The molecule has 0 bridgehead atoms. The first-order valence-corrected chi connectivity index (χ1v) is 10.5. The van der Waals surface area contributed by atoms with Crippen molar-refractivity contribution in [1.82, 2.24) is 20.2 Å². The minimum absolute atomic E-state index is 0.0730. The lowest BCUT2D eigenvalue weighted by molar-refractivity contribution is 1.00. The van der Waals surface area contributed by atoms with E-state index < -0.39 is 0 Å². The number of fused-ring (bicyclic) bond motifs is 1. The molecular formula is C17H15N5OS3. The molecule has 0 aliphatic rings. The smallest absolute Gasteiger partial charge is 0.259 e. The lowest BCUT2D eigenvalue weighted by atomic mass is 10.2. The normalized spacial score (nSPS) is 11.2. The summed E-state index contributed by atoms with van der Waals surface area (Å²) in [5, 5.41) is 13.0. The highest BCUT2D eigenvalue weighted by Crippen LogP contribution is 2.30. The van der Waals surface area contributed by atoms with E-state index in [2.05, 4.69) is 25.5 Å². The number of H-pyrrole nitrogens is 1. The van der Waals surface area contributed by atoms with E-state index in [1.165, 1.54) is 23.1 Å². The van der Waals surface area contributed by atoms with Crippen LogP contribution in [0, 0.1) is 13.8 Å². The van der Waals surface area contributed by atoms with Crippen LogP contribution in [0.15, 0.2) is 39.5 Å². The average Bonchev–Trinajstić information content (AvgIpc) is 3.18. The number of nitrogens with one attached hydrogen (secondary N) is 2. The first kappa shape index (κ1) is 17.2. The first-order chi connectivity index (χ1) is 12.6. The summed E-state index contributed by atoms with van der Waals surface area (Å²) in [5.74, 6) is 1.20. The third-order valence-electron chi connectivity index (χ3n) is 3.85. The fourth-order valence-corrected chi connectivity index (χ4v) is 5.15. The molecule has 26 heavy (non-hydrogen) atoms. The van der Waals surface area contributed by atoms with Gasteiger partial charge < -0.3 is 10.3 Å². The number of para-hydroxylation sites is 1. The molecule has 2 N–H and O–H groups in total. The molecule has 0 atom stereocenters. The number of nitrogens with zero attached hydrogens (tertiary/aromatic N) is 3. The SMILES string of the molecule is Cc1sc2nc(CSc3nnc(Nc4ccccc4)s3)[nH]c(=O)c2c1C. The molecule has 3 aromatic heterocycles. The van der Waals surface area contributed by atoms with E-state index in [0.717, 1.165) is 30.4 Å². The molecule has 0 fully saturated rings. The molecule has 0 saturated carbocycles. The minimum atomic E-state index is -0.0730. The van der Waals surface area contributed by atoms with Crippen molar-refractivity contribution in [2.75, 3.05) is 5.32 Å². The number of benzene rings is 1. The van der Waals surface area contributed by atoms with Gasteiger partial charge in [-0.1, -0.05) is 41.3 Å². The van der Waals surface area contributed by atoms with E-state index in [0.29, 0.717) is 17.0 Å². The molecule has 132 valence electrons. The van der Waals surface area contributed by atoms with Crippen LogP contribution < -0.4 is 10.9 Å². The second-order valence-electron chi connectivity index (χ2n) is 5.63. The van der Waals surface area contributed by atoms with Gasteiger partial charge in [0.25, 0.3) is 5.56 Å². The predicted octanol–water partition coefficient (Wildman–Crippen LogP) is 4.49. The zero-order valence-corrected chi connectivity index (χ0v) is 16.5. The third-order valence-corrected chi connectivity index (χ3v) is 6.94. The van der Waals surface area contributed by atoms with Crippen LogP contribution in [0.2, 0.25) is 0 Å². The third kappa shape index (κ3) is 3.50. The highest BCUT2D eigenvalue weighted by molar-refractivity contribution is 8.00. The Labute approximate surface area is 161 Å². The van der Waals surface area contributed by atoms with Crippen LogP contribution in [0.4, 0.5) is 10.8 Å². The van der Waals surface area contributed by atoms with Gasteiger partial charge in [0.15, 0.2) is 4.34 Å². The number of rotatable bonds is 5. The Bertz CT molecular complexity index is 1120. The van der Waals surface area contributed by atoms with Crippen LogP contribution in [0.5, 0.6) is 0 Å². The number of hydrogen-bond donors (Lipinski definition) is 2. The Balaban J connectivity index is 1.48. The Morgan fingerprint density at radius 3 is 2.77 bits per heavy atom. The molecule has 6 nitrogen and oxygen atoms in total. The maximum atomic E-state index is 12.3. The van der Waals surface area contributed by atoms with Gasteiger partial charge in [-0.15, -0.1) is 21.5 Å². The summed E-state index contributed by atoms with van der Waals surface area (Å²) in [4.78, 5) is 21.7. The van der Waals surface area contributed by atoms with Gasteiger partial charge in [-0.2, -0.15) is 0 Å². The van der Waals surface area contributed by atoms with Crippen LogP contribution in [-0.4, -0.2) is 20.2 Å². The molecule has 9 heteroatoms. The maximum Gasteiger partial charge on any atom is 0.259 e. The monoisotopic (exact) mass is 401 g/mol. The van der Waals surface area contributed by atoms with Gasteiger partial charge in [0.2, 0.25) is 5.13 Å². The number of aryl methyl sites for hydroxylation is 2. The second-order valence-corrected chi connectivity index (χ2v) is 9.03. The molecule has 0 spiro atoms. The van der Waals surface area contributed by atoms with Gasteiger partial charge in [-0.25, -0.2) is 4.98 Å². The highest BCUT2D eigenvalue weighted by atomic mass is 32.2. The lowest BCUT2D eigenvalue weighted by Gasteiger charge is -2.00. The quantitative estimate of drug-likeness (QED) is 0.480. The zero-order chi connectivity index (χ0) is 18.1. The number of anilines is 2. The first-order valence-electron chi connectivity index (χ1n) is 7.87. The Hall–Kier alpha value is -2.23. The molecule has 3 heterocycles. The van der Waals surface area contributed by atoms with Gasteiger partial charge in [0.1, 0.15) is 10.7 Å². The summed E-state index contributed by atoms with van der Waals surface area (Å²) in [6, 6.07) is 9.84. The van der Waals surface area contributed by atoms with Gasteiger partial charge in [-0.3, -0.25) is 4.79 Å². The van der Waals surface area contributed by atoms with Gasteiger partial charge in [0, 0.05) is 10.6 Å². The van der Waals surface area contributed by atoms with Crippen molar-refractivity contribution in [3.63, 3.8) is 0 Å². The van der Waals surface area contributed by atoms with Crippen LogP contribution in [-0.2, 0) is 5.75 Å². The van der Waals surface area contributed by atoms with Crippen molar-refractivity contribution in [2.45, 2.75) is 23.9 Å². The van der Waals surface area contributed by atoms with Crippen molar-refractivity contribution in [2.24, 2.45) is 0 Å². The molecule has 1 aromatic carbocycles. The number of thiophene rings is 1. The van der Waals surface area contributed by atoms with Crippen LogP contribution >= 0.6 is 34.4 Å². The van der Waals surface area contributed by atoms with Crippen molar-refractivity contribution in [3.05, 3.63) is 57.0 Å². The summed E-state index contributed by atoms with van der Waals surface area (Å²) in [7, 11) is 0. The number of hydrogen-bond acceptors (Lipinski definition) is 8. The highest BCUT2D eigenvalue weighted by Gasteiger charge is 2.13. The van der Waals surface area contributed by atoms with Crippen LogP contribution in [0.3, 0.4) is 0 Å². The fraction of sp³-hybridized carbons (Fsp3) is 0.176. The number of aromatic amines is 1. The van der Waals surface area contributed by atoms with Crippen molar-refractivity contribution in [1.29, 1.82) is 0 Å². The summed E-state index contributed by atoms with van der Waals surface area (Å²) in [6.45, 7) is 3.97. The predicted molar refractivity (Wildman–Crippen MR) is 109 cm³/mol. The lowest BCUT2D eigenvalue weighted by Crippen LogP contribution is -2.10. The number of thioether (sulfide) groups is 1. The van der Waals surface area contributed by atoms with E-state index in [1.807, 2.05) is 44.2 Å². The van der Waals surface area contributed by atoms with Crippen LogP contribution in [0.1, 0.15) is 16.3 Å².